The molecule has 25 heavy (non-hydrogen) atoms. The highest BCUT2D eigenvalue weighted by Crippen LogP contribution is 2.36. The smallest absolute Gasteiger partial charge is 0.272 e. The number of carbonyl (C=O) groups excluding carboxylic acids is 2. The third-order valence-electron chi connectivity index (χ3n) is 4.60. The van der Waals surface area contributed by atoms with E-state index in [-0.39, 0.29) is 35.2 Å². The van der Waals surface area contributed by atoms with Crippen LogP contribution < -0.4 is 21.1 Å². The molecule has 1 fully saturated rings. The van der Waals surface area contributed by atoms with Crippen LogP contribution in [0.25, 0.3) is 0 Å². The van der Waals surface area contributed by atoms with Crippen LogP contribution in [0.5, 0.6) is 0 Å². The van der Waals surface area contributed by atoms with E-state index in [4.69, 9.17) is 0 Å². The standard InChI is InChI=1S/C17H17N5O3/c1-21-15(23)7-6-12(20-21)16(24)18-10-8-14-17(25)19-11-4-2-3-5-13(11)22(14)9-10/h2-7,10,14H,8-9H2,1H3,(H,18,24)(H,19,25). The maximum absolute atomic E-state index is 12.4. The summed E-state index contributed by atoms with van der Waals surface area (Å²) in [5.74, 6) is -0.412. The van der Waals surface area contributed by atoms with E-state index >= 15 is 0 Å². The lowest BCUT2D eigenvalue weighted by Gasteiger charge is -2.32. The molecular formula is C17H17N5O3. The molecule has 2 aromatic rings. The first-order valence-corrected chi connectivity index (χ1v) is 8.04. The van der Waals surface area contributed by atoms with E-state index in [1.165, 1.54) is 19.2 Å². The third-order valence-corrected chi connectivity index (χ3v) is 4.60. The van der Waals surface area contributed by atoms with E-state index in [1.54, 1.807) is 0 Å². The van der Waals surface area contributed by atoms with Crippen molar-refractivity contribution in [2.45, 2.75) is 18.5 Å². The zero-order chi connectivity index (χ0) is 17.6. The monoisotopic (exact) mass is 339 g/mol. The first-order valence-electron chi connectivity index (χ1n) is 8.04. The molecular weight excluding hydrogens is 322 g/mol. The average molecular weight is 339 g/mol. The second kappa shape index (κ2) is 5.73. The van der Waals surface area contributed by atoms with Gasteiger partial charge in [-0.15, -0.1) is 0 Å². The molecule has 128 valence electrons. The minimum absolute atomic E-state index is 0.0596. The van der Waals surface area contributed by atoms with E-state index in [2.05, 4.69) is 15.7 Å². The van der Waals surface area contributed by atoms with Crippen LogP contribution in [0.3, 0.4) is 0 Å². The van der Waals surface area contributed by atoms with Gasteiger partial charge >= 0.3 is 0 Å². The maximum atomic E-state index is 12.4. The van der Waals surface area contributed by atoms with E-state index in [1.807, 2.05) is 29.2 Å². The van der Waals surface area contributed by atoms with Gasteiger partial charge in [0.25, 0.3) is 11.5 Å². The first-order chi connectivity index (χ1) is 12.0. The Morgan fingerprint density at radius 1 is 1.24 bits per heavy atom. The highest BCUT2D eigenvalue weighted by Gasteiger charge is 2.41. The van der Waals surface area contributed by atoms with Crippen LogP contribution in [0, 0.1) is 0 Å². The lowest BCUT2D eigenvalue weighted by molar-refractivity contribution is -0.117. The van der Waals surface area contributed by atoms with Gasteiger partial charge in [0.05, 0.1) is 11.4 Å². The van der Waals surface area contributed by atoms with E-state index in [9.17, 15) is 14.4 Å². The molecule has 4 rings (SSSR count). The van der Waals surface area contributed by atoms with Gasteiger partial charge in [-0.25, -0.2) is 4.68 Å². The van der Waals surface area contributed by atoms with Crippen molar-refractivity contribution in [2.24, 2.45) is 7.05 Å². The Labute approximate surface area is 143 Å². The van der Waals surface area contributed by atoms with Crippen molar-refractivity contribution in [3.8, 4) is 0 Å². The summed E-state index contributed by atoms with van der Waals surface area (Å²) in [7, 11) is 1.50. The van der Waals surface area contributed by atoms with E-state index in [0.717, 1.165) is 16.1 Å². The predicted octanol–water partition coefficient (Wildman–Crippen LogP) is 0.110. The second-order valence-corrected chi connectivity index (χ2v) is 6.26. The molecule has 2 aliphatic heterocycles. The molecule has 1 aromatic heterocycles. The molecule has 0 saturated carbocycles. The molecule has 1 saturated heterocycles. The SMILES string of the molecule is Cn1nc(C(=O)NC2CC3C(=O)Nc4ccccc4N3C2)ccc1=O. The van der Waals surface area contributed by atoms with Crippen molar-refractivity contribution in [3.63, 3.8) is 0 Å². The Morgan fingerprint density at radius 3 is 2.84 bits per heavy atom. The Kier molecular flexibility index (Phi) is 3.52. The fourth-order valence-corrected chi connectivity index (χ4v) is 3.38. The number of carbonyl (C=O) groups is 2. The van der Waals surface area contributed by atoms with Gasteiger partial charge in [-0.2, -0.15) is 5.10 Å². The normalized spacial score (nSPS) is 21.3. The van der Waals surface area contributed by atoms with Crippen LogP contribution >= 0.6 is 0 Å². The van der Waals surface area contributed by atoms with Crippen molar-refractivity contribution in [1.29, 1.82) is 0 Å². The molecule has 0 radical (unpaired) electrons. The zero-order valence-electron chi connectivity index (χ0n) is 13.6. The summed E-state index contributed by atoms with van der Waals surface area (Å²) in [6, 6.07) is 9.87. The average Bonchev–Trinajstić information content (AvgIpc) is 3.02. The van der Waals surface area contributed by atoms with Gasteiger partial charge in [0.2, 0.25) is 5.91 Å². The van der Waals surface area contributed by atoms with Gasteiger partial charge in [0.15, 0.2) is 0 Å². The Hall–Kier alpha value is -3.16. The molecule has 8 heteroatoms. The summed E-state index contributed by atoms with van der Waals surface area (Å²) in [6.07, 6.45) is 0.525. The van der Waals surface area contributed by atoms with Crippen LogP contribution in [0.2, 0.25) is 0 Å². The molecule has 0 spiro atoms. The molecule has 8 nitrogen and oxygen atoms in total. The molecule has 2 amide bonds. The summed E-state index contributed by atoms with van der Waals surface area (Å²) >= 11 is 0. The van der Waals surface area contributed by atoms with Gasteiger partial charge in [-0.05, 0) is 24.6 Å². The fourth-order valence-electron chi connectivity index (χ4n) is 3.38. The quantitative estimate of drug-likeness (QED) is 0.810. The highest BCUT2D eigenvalue weighted by atomic mass is 16.2. The molecule has 2 atom stereocenters. The molecule has 1 aromatic carbocycles. The van der Waals surface area contributed by atoms with Crippen LogP contribution in [0.15, 0.2) is 41.2 Å². The summed E-state index contributed by atoms with van der Waals surface area (Å²) < 4.78 is 1.12. The minimum Gasteiger partial charge on any atom is -0.356 e. The number of anilines is 2. The number of hydrogen-bond donors (Lipinski definition) is 2. The van der Waals surface area contributed by atoms with Crippen LogP contribution in [0.1, 0.15) is 16.9 Å². The highest BCUT2D eigenvalue weighted by molar-refractivity contribution is 6.04. The maximum Gasteiger partial charge on any atom is 0.272 e. The summed E-state index contributed by atoms with van der Waals surface area (Å²) in [5, 5.41) is 9.77. The first kappa shape index (κ1) is 15.4. The zero-order valence-corrected chi connectivity index (χ0v) is 13.6. The number of para-hydroxylation sites is 2. The van der Waals surface area contributed by atoms with Crippen molar-refractivity contribution < 1.29 is 9.59 Å². The van der Waals surface area contributed by atoms with Gasteiger partial charge in [-0.1, -0.05) is 12.1 Å². The molecule has 2 aliphatic rings. The van der Waals surface area contributed by atoms with E-state index < -0.39 is 0 Å². The number of benzene rings is 1. The van der Waals surface area contributed by atoms with Crippen molar-refractivity contribution in [2.75, 3.05) is 16.8 Å². The van der Waals surface area contributed by atoms with Crippen molar-refractivity contribution in [1.82, 2.24) is 15.1 Å². The number of aromatic nitrogens is 2. The van der Waals surface area contributed by atoms with Crippen LogP contribution in [0.4, 0.5) is 11.4 Å². The second-order valence-electron chi connectivity index (χ2n) is 6.26. The number of amides is 2. The lowest BCUT2D eigenvalue weighted by atomic mass is 10.1. The van der Waals surface area contributed by atoms with Gasteiger partial charge in [0, 0.05) is 25.7 Å². The molecule has 0 aliphatic carbocycles. The largest absolute Gasteiger partial charge is 0.356 e. The van der Waals surface area contributed by atoms with Gasteiger partial charge in [-0.3, -0.25) is 14.4 Å². The minimum atomic E-state index is -0.353. The molecule has 0 bridgehead atoms. The van der Waals surface area contributed by atoms with Crippen molar-refractivity contribution >= 4 is 23.2 Å². The number of hydrogen-bond acceptors (Lipinski definition) is 5. The summed E-state index contributed by atoms with van der Waals surface area (Å²) in [4.78, 5) is 38.1. The van der Waals surface area contributed by atoms with E-state index in [0.29, 0.717) is 13.0 Å². The topological polar surface area (TPSA) is 96.3 Å². The summed E-state index contributed by atoms with van der Waals surface area (Å²) in [5.41, 5.74) is 1.65. The Balaban J connectivity index is 1.53. The number of rotatable bonds is 2. The van der Waals surface area contributed by atoms with Gasteiger partial charge in [0.1, 0.15) is 11.7 Å². The lowest BCUT2D eigenvalue weighted by Crippen LogP contribution is -2.44. The summed E-state index contributed by atoms with van der Waals surface area (Å²) in [6.45, 7) is 0.548. The number of fused-ring (bicyclic) bond motifs is 3. The molecule has 2 unspecified atom stereocenters. The number of aryl methyl sites for hydroxylation is 1. The van der Waals surface area contributed by atoms with Crippen LogP contribution in [-0.2, 0) is 11.8 Å². The van der Waals surface area contributed by atoms with Gasteiger partial charge < -0.3 is 15.5 Å². The van der Waals surface area contributed by atoms with Crippen LogP contribution in [-0.4, -0.2) is 40.2 Å². The molecule has 3 heterocycles. The number of nitrogens with one attached hydrogen (secondary N) is 2. The van der Waals surface area contributed by atoms with Crippen molar-refractivity contribution in [3.05, 3.63) is 52.4 Å². The number of nitrogens with zero attached hydrogens (tertiary/aromatic N) is 3. The fraction of sp³-hybridized carbons (Fsp3) is 0.294. The predicted molar refractivity (Wildman–Crippen MR) is 91.6 cm³/mol. The third kappa shape index (κ3) is 2.65. The Morgan fingerprint density at radius 2 is 2.04 bits per heavy atom. The molecule has 2 N–H and O–H groups in total. The Bertz CT molecular complexity index is 922.